The summed E-state index contributed by atoms with van der Waals surface area (Å²) in [5.74, 6) is 0.244. The Labute approximate surface area is 125 Å². The number of nitrogens with zero attached hydrogens (tertiary/aromatic N) is 1. The Morgan fingerprint density at radius 1 is 1.19 bits per heavy atom. The number of hydrogen-bond donors (Lipinski definition) is 1. The lowest BCUT2D eigenvalue weighted by molar-refractivity contribution is 0.303. The van der Waals surface area contributed by atoms with Crippen LogP contribution in [0.1, 0.15) is 31.9 Å². The van der Waals surface area contributed by atoms with Crippen molar-refractivity contribution < 1.29 is 9.13 Å². The van der Waals surface area contributed by atoms with Gasteiger partial charge in [-0.1, -0.05) is 6.07 Å². The molecule has 0 radical (unpaired) electrons. The maximum absolute atomic E-state index is 13.7. The van der Waals surface area contributed by atoms with Crippen LogP contribution in [-0.4, -0.2) is 10.5 Å². The second-order valence-electron chi connectivity index (χ2n) is 6.05. The van der Waals surface area contributed by atoms with Crippen LogP contribution >= 0.6 is 0 Å². The molecule has 2 rings (SSSR count). The highest BCUT2D eigenvalue weighted by Crippen LogP contribution is 2.18. The number of hydrogen-bond acceptors (Lipinski definition) is 3. The van der Waals surface area contributed by atoms with Crippen molar-refractivity contribution in [2.45, 2.75) is 39.5 Å². The van der Waals surface area contributed by atoms with Crippen LogP contribution in [0.25, 0.3) is 0 Å². The van der Waals surface area contributed by atoms with E-state index in [4.69, 9.17) is 4.74 Å². The first kappa shape index (κ1) is 15.4. The van der Waals surface area contributed by atoms with Crippen molar-refractivity contribution in [1.82, 2.24) is 10.3 Å². The molecule has 0 atom stereocenters. The largest absolute Gasteiger partial charge is 0.489 e. The third-order valence-corrected chi connectivity index (χ3v) is 2.88. The molecule has 0 aliphatic rings. The highest BCUT2D eigenvalue weighted by molar-refractivity contribution is 5.30. The predicted octanol–water partition coefficient (Wildman–Crippen LogP) is 3.69. The zero-order valence-corrected chi connectivity index (χ0v) is 12.7. The summed E-state index contributed by atoms with van der Waals surface area (Å²) < 4.78 is 19.3. The zero-order chi connectivity index (χ0) is 15.3. The molecule has 1 N–H and O–H groups in total. The average Bonchev–Trinajstić information content (AvgIpc) is 2.43. The van der Waals surface area contributed by atoms with E-state index in [9.17, 15) is 4.39 Å². The Kier molecular flexibility index (Phi) is 4.91. The molecule has 0 aliphatic carbocycles. The van der Waals surface area contributed by atoms with Crippen molar-refractivity contribution >= 4 is 0 Å². The van der Waals surface area contributed by atoms with Crippen LogP contribution in [0.5, 0.6) is 5.75 Å². The lowest BCUT2D eigenvalue weighted by Crippen LogP contribution is -2.35. The van der Waals surface area contributed by atoms with Crippen LogP contribution in [0.15, 0.2) is 42.7 Å². The monoisotopic (exact) mass is 288 g/mol. The van der Waals surface area contributed by atoms with Gasteiger partial charge in [0, 0.05) is 36.1 Å². The topological polar surface area (TPSA) is 34.1 Å². The molecule has 1 heterocycles. The summed E-state index contributed by atoms with van der Waals surface area (Å²) in [6.45, 7) is 7.21. The van der Waals surface area contributed by atoms with Gasteiger partial charge in [-0.2, -0.15) is 0 Å². The number of ether oxygens (including phenoxy) is 1. The van der Waals surface area contributed by atoms with E-state index >= 15 is 0 Å². The van der Waals surface area contributed by atoms with E-state index in [2.05, 4.69) is 31.1 Å². The third kappa shape index (κ3) is 5.52. The SMILES string of the molecule is CC(C)(C)NCc1cc(F)cc(OCc2cccnc2)c1. The van der Waals surface area contributed by atoms with Crippen LogP contribution in [0.3, 0.4) is 0 Å². The first-order chi connectivity index (χ1) is 9.92. The average molecular weight is 288 g/mol. The summed E-state index contributed by atoms with van der Waals surface area (Å²) >= 11 is 0. The summed E-state index contributed by atoms with van der Waals surface area (Å²) in [7, 11) is 0. The van der Waals surface area contributed by atoms with Gasteiger partial charge in [-0.3, -0.25) is 4.98 Å². The Morgan fingerprint density at radius 2 is 2.00 bits per heavy atom. The number of benzene rings is 1. The molecule has 21 heavy (non-hydrogen) atoms. The van der Waals surface area contributed by atoms with Crippen LogP contribution in [0, 0.1) is 5.82 Å². The minimum atomic E-state index is -0.288. The first-order valence-electron chi connectivity index (χ1n) is 6.98. The van der Waals surface area contributed by atoms with E-state index < -0.39 is 0 Å². The second-order valence-corrected chi connectivity index (χ2v) is 6.05. The van der Waals surface area contributed by atoms with E-state index in [1.54, 1.807) is 12.4 Å². The minimum Gasteiger partial charge on any atom is -0.489 e. The van der Waals surface area contributed by atoms with Crippen LogP contribution in [-0.2, 0) is 13.2 Å². The highest BCUT2D eigenvalue weighted by Gasteiger charge is 2.09. The summed E-state index contributed by atoms with van der Waals surface area (Å²) in [6, 6.07) is 8.56. The first-order valence-corrected chi connectivity index (χ1v) is 6.98. The van der Waals surface area contributed by atoms with Crippen molar-refractivity contribution in [3.8, 4) is 5.75 Å². The fourth-order valence-corrected chi connectivity index (χ4v) is 1.82. The van der Waals surface area contributed by atoms with Crippen LogP contribution in [0.4, 0.5) is 4.39 Å². The van der Waals surface area contributed by atoms with Gasteiger partial charge >= 0.3 is 0 Å². The van der Waals surface area contributed by atoms with Crippen LogP contribution < -0.4 is 10.1 Å². The summed E-state index contributed by atoms with van der Waals surface area (Å²) in [5, 5.41) is 3.33. The highest BCUT2D eigenvalue weighted by atomic mass is 19.1. The number of halogens is 1. The molecule has 0 saturated heterocycles. The molecule has 0 unspecified atom stereocenters. The van der Waals surface area contributed by atoms with Crippen molar-refractivity contribution in [2.75, 3.05) is 0 Å². The van der Waals surface area contributed by atoms with Crippen molar-refractivity contribution in [3.63, 3.8) is 0 Å². The molecule has 4 heteroatoms. The van der Waals surface area contributed by atoms with Gasteiger partial charge in [0.2, 0.25) is 0 Å². The summed E-state index contributed by atoms with van der Waals surface area (Å²) in [4.78, 5) is 4.02. The standard InChI is InChI=1S/C17H21FN2O/c1-17(2,3)20-11-14-7-15(18)9-16(8-14)21-12-13-5-4-6-19-10-13/h4-10,20H,11-12H2,1-3H3. The quantitative estimate of drug-likeness (QED) is 0.911. The molecule has 0 aliphatic heterocycles. The summed E-state index contributed by atoms with van der Waals surface area (Å²) in [6.07, 6.45) is 3.45. The molecule has 0 spiro atoms. The van der Waals surface area contributed by atoms with E-state index in [0.29, 0.717) is 18.9 Å². The van der Waals surface area contributed by atoms with Gasteiger partial charge in [0.05, 0.1) is 0 Å². The van der Waals surface area contributed by atoms with E-state index in [1.165, 1.54) is 12.1 Å². The molecule has 0 saturated carbocycles. The molecule has 0 fully saturated rings. The second kappa shape index (κ2) is 6.68. The van der Waals surface area contributed by atoms with E-state index in [0.717, 1.165) is 11.1 Å². The molecule has 112 valence electrons. The Balaban J connectivity index is 2.01. The predicted molar refractivity (Wildman–Crippen MR) is 81.6 cm³/mol. The van der Waals surface area contributed by atoms with Gasteiger partial charge in [-0.25, -0.2) is 4.39 Å². The smallest absolute Gasteiger partial charge is 0.127 e. The Hall–Kier alpha value is -1.94. The Bertz CT molecular complexity index is 579. The third-order valence-electron chi connectivity index (χ3n) is 2.88. The maximum Gasteiger partial charge on any atom is 0.127 e. The maximum atomic E-state index is 13.7. The van der Waals surface area contributed by atoms with Gasteiger partial charge in [0.25, 0.3) is 0 Å². The van der Waals surface area contributed by atoms with Crippen molar-refractivity contribution in [1.29, 1.82) is 0 Å². The van der Waals surface area contributed by atoms with E-state index in [-0.39, 0.29) is 11.4 Å². The number of pyridine rings is 1. The lowest BCUT2D eigenvalue weighted by Gasteiger charge is -2.20. The van der Waals surface area contributed by atoms with Gasteiger partial charge in [-0.15, -0.1) is 0 Å². The molecule has 0 bridgehead atoms. The minimum absolute atomic E-state index is 0.0109. The molecule has 1 aromatic carbocycles. The van der Waals surface area contributed by atoms with Gasteiger partial charge < -0.3 is 10.1 Å². The lowest BCUT2D eigenvalue weighted by atomic mass is 10.1. The number of nitrogens with one attached hydrogen (secondary N) is 1. The molecular weight excluding hydrogens is 267 g/mol. The molecule has 2 aromatic rings. The van der Waals surface area contributed by atoms with Gasteiger partial charge in [-0.05, 0) is 44.5 Å². The number of rotatable bonds is 5. The molecular formula is C17H21FN2O. The van der Waals surface area contributed by atoms with Crippen molar-refractivity contribution in [3.05, 3.63) is 59.7 Å². The number of aromatic nitrogens is 1. The fraction of sp³-hybridized carbons (Fsp3) is 0.353. The molecule has 1 aromatic heterocycles. The molecule has 0 amide bonds. The van der Waals surface area contributed by atoms with Crippen LogP contribution in [0.2, 0.25) is 0 Å². The normalized spacial score (nSPS) is 11.4. The zero-order valence-electron chi connectivity index (χ0n) is 12.7. The molecule has 3 nitrogen and oxygen atoms in total. The van der Waals surface area contributed by atoms with Gasteiger partial charge in [0.1, 0.15) is 18.2 Å². The summed E-state index contributed by atoms with van der Waals surface area (Å²) in [5.41, 5.74) is 1.81. The van der Waals surface area contributed by atoms with Gasteiger partial charge in [0.15, 0.2) is 0 Å². The fourth-order valence-electron chi connectivity index (χ4n) is 1.82. The van der Waals surface area contributed by atoms with Crippen molar-refractivity contribution in [2.24, 2.45) is 0 Å². The van der Waals surface area contributed by atoms with E-state index in [1.807, 2.05) is 18.2 Å². The Morgan fingerprint density at radius 3 is 2.67 bits per heavy atom.